The highest BCUT2D eigenvalue weighted by Gasteiger charge is 2.17. The van der Waals surface area contributed by atoms with Crippen LogP contribution in [0.4, 0.5) is 4.79 Å². The molecule has 2 N–H and O–H groups in total. The van der Waals surface area contributed by atoms with Gasteiger partial charge in [-0.25, -0.2) is 4.79 Å². The highest BCUT2D eigenvalue weighted by Crippen LogP contribution is 2.08. The molecule has 5 nitrogen and oxygen atoms in total. The molecule has 0 aromatic rings. The summed E-state index contributed by atoms with van der Waals surface area (Å²) < 4.78 is 0. The second kappa shape index (κ2) is 9.08. The maximum Gasteiger partial charge on any atom is 0.323 e. The van der Waals surface area contributed by atoms with Crippen LogP contribution >= 0.6 is 11.8 Å². The number of hydrogen-bond acceptors (Lipinski definition) is 3. The standard InChI is InChI=1S/C12H24N2O3S/c1-9(2)7-14(8-11(15)16)12(17)13-6-5-10(3)18-4/h9-10H,5-8H2,1-4H3,(H,13,17)(H,15,16). The fourth-order valence-electron chi connectivity index (χ4n) is 1.44. The predicted molar refractivity (Wildman–Crippen MR) is 75.0 cm³/mol. The molecular formula is C12H24N2O3S. The van der Waals surface area contributed by atoms with E-state index in [-0.39, 0.29) is 18.5 Å². The fraction of sp³-hybridized carbons (Fsp3) is 0.833. The summed E-state index contributed by atoms with van der Waals surface area (Å²) in [5.74, 6) is -0.733. The van der Waals surface area contributed by atoms with Gasteiger partial charge in [0.2, 0.25) is 0 Å². The monoisotopic (exact) mass is 276 g/mol. The number of nitrogens with one attached hydrogen (secondary N) is 1. The highest BCUT2D eigenvalue weighted by molar-refractivity contribution is 7.99. The first-order valence-electron chi connectivity index (χ1n) is 6.14. The van der Waals surface area contributed by atoms with Crippen molar-refractivity contribution < 1.29 is 14.7 Å². The molecule has 0 aliphatic carbocycles. The van der Waals surface area contributed by atoms with Crippen LogP contribution in [0.15, 0.2) is 0 Å². The van der Waals surface area contributed by atoms with Crippen molar-refractivity contribution in [3.63, 3.8) is 0 Å². The molecule has 1 atom stereocenters. The molecule has 0 saturated heterocycles. The molecule has 6 heteroatoms. The van der Waals surface area contributed by atoms with Gasteiger partial charge in [0.15, 0.2) is 0 Å². The van der Waals surface area contributed by atoms with Crippen molar-refractivity contribution in [2.45, 2.75) is 32.4 Å². The minimum atomic E-state index is -0.983. The number of aliphatic carboxylic acids is 1. The van der Waals surface area contributed by atoms with Crippen molar-refractivity contribution in [1.29, 1.82) is 0 Å². The average Bonchev–Trinajstić information content (AvgIpc) is 2.26. The van der Waals surface area contributed by atoms with Gasteiger partial charge >= 0.3 is 12.0 Å². The second-order valence-corrected chi connectivity index (χ2v) is 6.01. The van der Waals surface area contributed by atoms with E-state index in [4.69, 9.17) is 5.11 Å². The molecule has 0 rings (SSSR count). The number of urea groups is 1. The Kier molecular flexibility index (Phi) is 8.62. The lowest BCUT2D eigenvalue weighted by Crippen LogP contribution is -2.45. The lowest BCUT2D eigenvalue weighted by Gasteiger charge is -2.23. The number of carboxylic acids is 1. The van der Waals surface area contributed by atoms with E-state index in [1.54, 1.807) is 11.8 Å². The first-order valence-corrected chi connectivity index (χ1v) is 7.43. The molecule has 0 bridgehead atoms. The molecule has 0 radical (unpaired) electrons. The van der Waals surface area contributed by atoms with Gasteiger partial charge < -0.3 is 15.3 Å². The SMILES string of the molecule is CSC(C)CCNC(=O)N(CC(=O)O)CC(C)C. The Morgan fingerprint density at radius 2 is 1.94 bits per heavy atom. The van der Waals surface area contributed by atoms with Gasteiger partial charge in [-0.2, -0.15) is 11.8 Å². The summed E-state index contributed by atoms with van der Waals surface area (Å²) in [5, 5.41) is 12.0. The van der Waals surface area contributed by atoms with E-state index in [1.807, 2.05) is 20.1 Å². The lowest BCUT2D eigenvalue weighted by molar-refractivity contribution is -0.137. The number of carboxylic acid groups (broad SMARTS) is 1. The van der Waals surface area contributed by atoms with Gasteiger partial charge in [-0.15, -0.1) is 0 Å². The highest BCUT2D eigenvalue weighted by atomic mass is 32.2. The average molecular weight is 276 g/mol. The molecule has 0 heterocycles. The second-order valence-electron chi connectivity index (χ2n) is 4.74. The topological polar surface area (TPSA) is 69.6 Å². The summed E-state index contributed by atoms with van der Waals surface area (Å²) in [6, 6.07) is -0.292. The molecule has 0 aromatic heterocycles. The molecule has 0 spiro atoms. The van der Waals surface area contributed by atoms with E-state index in [0.717, 1.165) is 6.42 Å². The molecule has 0 saturated carbocycles. The molecule has 0 fully saturated rings. The molecule has 0 aliphatic rings. The number of nitrogens with zero attached hydrogens (tertiary/aromatic N) is 1. The Morgan fingerprint density at radius 3 is 2.39 bits per heavy atom. The molecule has 106 valence electrons. The number of carbonyl (C=O) groups excluding carboxylic acids is 1. The molecular weight excluding hydrogens is 252 g/mol. The third-order valence-corrected chi connectivity index (χ3v) is 3.47. The maximum absolute atomic E-state index is 11.8. The van der Waals surface area contributed by atoms with Crippen molar-refractivity contribution in [2.24, 2.45) is 5.92 Å². The number of rotatable bonds is 8. The van der Waals surface area contributed by atoms with Gasteiger partial charge in [0.25, 0.3) is 0 Å². The normalized spacial score (nSPS) is 12.3. The van der Waals surface area contributed by atoms with E-state index in [1.165, 1.54) is 4.90 Å². The van der Waals surface area contributed by atoms with E-state index in [0.29, 0.717) is 18.3 Å². The summed E-state index contributed by atoms with van der Waals surface area (Å²) in [5.41, 5.74) is 0. The third-order valence-electron chi connectivity index (χ3n) is 2.43. The predicted octanol–water partition coefficient (Wildman–Crippen LogP) is 1.88. The first kappa shape index (κ1) is 17.1. The van der Waals surface area contributed by atoms with Crippen LogP contribution in [0.1, 0.15) is 27.2 Å². The molecule has 18 heavy (non-hydrogen) atoms. The van der Waals surface area contributed by atoms with Crippen LogP contribution in [0.2, 0.25) is 0 Å². The van der Waals surface area contributed by atoms with Gasteiger partial charge in [0.1, 0.15) is 6.54 Å². The molecule has 0 aliphatic heterocycles. The Morgan fingerprint density at radius 1 is 1.33 bits per heavy atom. The zero-order valence-electron chi connectivity index (χ0n) is 11.6. The molecule has 1 unspecified atom stereocenters. The summed E-state index contributed by atoms with van der Waals surface area (Å²) in [7, 11) is 0. The van der Waals surface area contributed by atoms with E-state index in [2.05, 4.69) is 12.2 Å². The van der Waals surface area contributed by atoms with E-state index in [9.17, 15) is 9.59 Å². The van der Waals surface area contributed by atoms with Crippen LogP contribution in [-0.4, -0.2) is 53.1 Å². The van der Waals surface area contributed by atoms with Crippen molar-refractivity contribution in [3.05, 3.63) is 0 Å². The fourth-order valence-corrected chi connectivity index (χ4v) is 1.79. The Hall–Kier alpha value is -0.910. The van der Waals surface area contributed by atoms with Crippen LogP contribution in [0.5, 0.6) is 0 Å². The van der Waals surface area contributed by atoms with Gasteiger partial charge in [-0.05, 0) is 18.6 Å². The summed E-state index contributed by atoms with van der Waals surface area (Å²) in [4.78, 5) is 23.9. The summed E-state index contributed by atoms with van der Waals surface area (Å²) >= 11 is 1.75. The number of hydrogen-bond donors (Lipinski definition) is 2. The van der Waals surface area contributed by atoms with E-state index >= 15 is 0 Å². The number of amides is 2. The molecule has 2 amide bonds. The minimum absolute atomic E-state index is 0.248. The van der Waals surface area contributed by atoms with Gasteiger partial charge in [0, 0.05) is 18.3 Å². The largest absolute Gasteiger partial charge is 0.480 e. The Bertz CT molecular complexity index is 272. The van der Waals surface area contributed by atoms with Gasteiger partial charge in [-0.1, -0.05) is 20.8 Å². The van der Waals surface area contributed by atoms with E-state index < -0.39 is 5.97 Å². The van der Waals surface area contributed by atoms with Crippen LogP contribution < -0.4 is 5.32 Å². The van der Waals surface area contributed by atoms with Gasteiger partial charge in [-0.3, -0.25) is 4.79 Å². The third kappa shape index (κ3) is 8.22. The minimum Gasteiger partial charge on any atom is -0.480 e. The number of carbonyl (C=O) groups is 2. The molecule has 0 aromatic carbocycles. The first-order chi connectivity index (χ1) is 8.36. The zero-order valence-corrected chi connectivity index (χ0v) is 12.4. The van der Waals surface area contributed by atoms with Crippen molar-refractivity contribution >= 4 is 23.8 Å². The van der Waals surface area contributed by atoms with Crippen molar-refractivity contribution in [3.8, 4) is 0 Å². The van der Waals surface area contributed by atoms with Crippen LogP contribution in [0, 0.1) is 5.92 Å². The summed E-state index contributed by atoms with van der Waals surface area (Å²) in [6.45, 7) is 6.79. The van der Waals surface area contributed by atoms with Crippen molar-refractivity contribution in [2.75, 3.05) is 25.9 Å². The quantitative estimate of drug-likeness (QED) is 0.710. The number of thioether (sulfide) groups is 1. The van der Waals surface area contributed by atoms with Crippen LogP contribution in [0.3, 0.4) is 0 Å². The van der Waals surface area contributed by atoms with Crippen molar-refractivity contribution in [1.82, 2.24) is 10.2 Å². The summed E-state index contributed by atoms with van der Waals surface area (Å²) in [6.07, 6.45) is 2.91. The van der Waals surface area contributed by atoms with Crippen LogP contribution in [0.25, 0.3) is 0 Å². The van der Waals surface area contributed by atoms with Gasteiger partial charge in [0.05, 0.1) is 0 Å². The Labute approximate surface area is 113 Å². The Balaban J connectivity index is 4.16. The smallest absolute Gasteiger partial charge is 0.323 e. The maximum atomic E-state index is 11.8. The van der Waals surface area contributed by atoms with Crippen LogP contribution in [-0.2, 0) is 4.79 Å². The zero-order chi connectivity index (χ0) is 14.1. The lowest BCUT2D eigenvalue weighted by atomic mass is 10.2.